The van der Waals surface area contributed by atoms with Crippen LogP contribution in [0.4, 0.5) is 0 Å². The topological polar surface area (TPSA) is 47.9 Å². The van der Waals surface area contributed by atoms with Crippen molar-refractivity contribution in [1.82, 2.24) is 0 Å². The summed E-state index contributed by atoms with van der Waals surface area (Å²) in [6, 6.07) is 11.7. The van der Waals surface area contributed by atoms with Gasteiger partial charge in [-0.1, -0.05) is 17.7 Å². The molecule has 0 bridgehead atoms. The van der Waals surface area contributed by atoms with Gasteiger partial charge >= 0.3 is 0 Å². The first-order valence-corrected chi connectivity index (χ1v) is 7.05. The Hall–Kier alpha value is -2.20. The molecule has 0 fully saturated rings. The second kappa shape index (κ2) is 4.67. The van der Waals surface area contributed by atoms with Gasteiger partial charge in [-0.05, 0) is 36.8 Å². The van der Waals surface area contributed by atoms with Gasteiger partial charge in [0.15, 0.2) is 11.5 Å². The first kappa shape index (κ1) is 12.5. The molecule has 0 saturated carbocycles. The molecule has 2 heterocycles. The van der Waals surface area contributed by atoms with E-state index in [4.69, 9.17) is 14.2 Å². The van der Waals surface area contributed by atoms with Crippen molar-refractivity contribution in [3.8, 4) is 17.2 Å². The van der Waals surface area contributed by atoms with Gasteiger partial charge in [-0.15, -0.1) is 0 Å². The van der Waals surface area contributed by atoms with Crippen molar-refractivity contribution in [2.75, 3.05) is 6.79 Å². The first-order valence-electron chi connectivity index (χ1n) is 7.05. The van der Waals surface area contributed by atoms with Crippen molar-refractivity contribution in [2.24, 2.45) is 0 Å². The van der Waals surface area contributed by atoms with Crippen LogP contribution in [0.15, 0.2) is 36.4 Å². The van der Waals surface area contributed by atoms with Gasteiger partial charge < -0.3 is 19.3 Å². The summed E-state index contributed by atoms with van der Waals surface area (Å²) in [5, 5.41) is 10.4. The summed E-state index contributed by atoms with van der Waals surface area (Å²) < 4.78 is 16.8. The normalized spacial score (nSPS) is 22.6. The monoisotopic (exact) mass is 284 g/mol. The Balaban J connectivity index is 1.67. The lowest BCUT2D eigenvalue weighted by Gasteiger charge is -2.30. The fourth-order valence-electron chi connectivity index (χ4n) is 2.88. The average molecular weight is 284 g/mol. The number of fused-ring (bicyclic) bond motifs is 2. The molecule has 2 aromatic carbocycles. The number of benzene rings is 2. The molecule has 0 radical (unpaired) electrons. The predicted octanol–water partition coefficient (Wildman–Crippen LogP) is 3.28. The predicted molar refractivity (Wildman–Crippen MR) is 76.7 cm³/mol. The van der Waals surface area contributed by atoms with E-state index in [9.17, 15) is 5.11 Å². The van der Waals surface area contributed by atoms with E-state index in [-0.39, 0.29) is 12.9 Å². The number of ether oxygens (including phenoxy) is 3. The lowest BCUT2D eigenvalue weighted by molar-refractivity contribution is 0.0655. The van der Waals surface area contributed by atoms with Crippen LogP contribution in [0.2, 0.25) is 0 Å². The van der Waals surface area contributed by atoms with Gasteiger partial charge in [0.25, 0.3) is 0 Å². The summed E-state index contributed by atoms with van der Waals surface area (Å²) >= 11 is 0. The second-order valence-corrected chi connectivity index (χ2v) is 5.51. The van der Waals surface area contributed by atoms with Gasteiger partial charge in [0.1, 0.15) is 11.9 Å². The molecule has 4 heteroatoms. The number of aliphatic hydroxyl groups excluding tert-OH is 1. The van der Waals surface area contributed by atoms with Crippen molar-refractivity contribution in [3.05, 3.63) is 53.1 Å². The van der Waals surface area contributed by atoms with Gasteiger partial charge in [-0.2, -0.15) is 0 Å². The highest BCUT2D eigenvalue weighted by Crippen LogP contribution is 2.43. The SMILES string of the molecule is Cc1ccc2c(c1)C(O)CC(c1ccc3c(c1)OCO3)O2. The van der Waals surface area contributed by atoms with Gasteiger partial charge in [0.05, 0.1) is 6.10 Å². The van der Waals surface area contributed by atoms with Gasteiger partial charge in [0.2, 0.25) is 6.79 Å². The van der Waals surface area contributed by atoms with Crippen molar-refractivity contribution in [1.29, 1.82) is 0 Å². The minimum atomic E-state index is -0.510. The number of hydrogen-bond acceptors (Lipinski definition) is 4. The molecule has 108 valence electrons. The third kappa shape index (κ3) is 2.12. The summed E-state index contributed by atoms with van der Waals surface area (Å²) in [7, 11) is 0. The number of rotatable bonds is 1. The van der Waals surface area contributed by atoms with E-state index >= 15 is 0 Å². The fraction of sp³-hybridized carbons (Fsp3) is 0.294. The molecule has 2 aliphatic heterocycles. The second-order valence-electron chi connectivity index (χ2n) is 5.51. The Morgan fingerprint density at radius 2 is 1.81 bits per heavy atom. The van der Waals surface area contributed by atoms with E-state index in [1.54, 1.807) is 0 Å². The van der Waals surface area contributed by atoms with Crippen LogP contribution >= 0.6 is 0 Å². The summed E-state index contributed by atoms with van der Waals surface area (Å²) in [4.78, 5) is 0. The quantitative estimate of drug-likeness (QED) is 0.873. The molecular formula is C17H16O4. The Labute approximate surface area is 122 Å². The lowest BCUT2D eigenvalue weighted by Crippen LogP contribution is -2.19. The first-order chi connectivity index (χ1) is 10.2. The minimum Gasteiger partial charge on any atom is -0.485 e. The third-order valence-electron chi connectivity index (χ3n) is 4.00. The van der Waals surface area contributed by atoms with Crippen LogP contribution in [0.1, 0.15) is 35.3 Å². The van der Waals surface area contributed by atoms with Gasteiger partial charge in [-0.25, -0.2) is 0 Å². The highest BCUT2D eigenvalue weighted by Gasteiger charge is 2.29. The minimum absolute atomic E-state index is 0.176. The molecule has 0 amide bonds. The maximum atomic E-state index is 10.4. The number of aliphatic hydroxyl groups is 1. The molecule has 2 unspecified atom stereocenters. The van der Waals surface area contributed by atoms with Crippen molar-refractivity contribution in [2.45, 2.75) is 25.6 Å². The van der Waals surface area contributed by atoms with E-state index in [0.29, 0.717) is 6.42 Å². The Morgan fingerprint density at radius 1 is 1.00 bits per heavy atom. The van der Waals surface area contributed by atoms with E-state index < -0.39 is 6.10 Å². The molecule has 2 atom stereocenters. The van der Waals surface area contributed by atoms with Crippen molar-refractivity contribution >= 4 is 0 Å². The number of hydrogen-bond donors (Lipinski definition) is 1. The van der Waals surface area contributed by atoms with Crippen LogP contribution in [-0.2, 0) is 0 Å². The van der Waals surface area contributed by atoms with Crippen LogP contribution in [0.25, 0.3) is 0 Å². The van der Waals surface area contributed by atoms with E-state index in [0.717, 1.165) is 33.9 Å². The zero-order valence-corrected chi connectivity index (χ0v) is 11.7. The Bertz CT molecular complexity index is 695. The highest BCUT2D eigenvalue weighted by atomic mass is 16.7. The van der Waals surface area contributed by atoms with Crippen LogP contribution in [0.5, 0.6) is 17.2 Å². The highest BCUT2D eigenvalue weighted by molar-refractivity contribution is 5.46. The Kier molecular flexibility index (Phi) is 2.79. The maximum Gasteiger partial charge on any atom is 0.231 e. The van der Waals surface area contributed by atoms with Gasteiger partial charge in [0, 0.05) is 12.0 Å². The third-order valence-corrected chi connectivity index (χ3v) is 4.00. The molecule has 0 aliphatic carbocycles. The molecular weight excluding hydrogens is 268 g/mol. The summed E-state index contributed by atoms with van der Waals surface area (Å²) in [6.07, 6.45) is -0.149. The average Bonchev–Trinajstić information content (AvgIpc) is 2.95. The van der Waals surface area contributed by atoms with E-state index in [2.05, 4.69) is 0 Å². The van der Waals surface area contributed by atoms with Crippen LogP contribution in [0, 0.1) is 6.92 Å². The molecule has 1 N–H and O–H groups in total. The summed E-state index contributed by atoms with van der Waals surface area (Å²) in [5.74, 6) is 2.24. The lowest BCUT2D eigenvalue weighted by atomic mass is 9.94. The molecule has 2 aliphatic rings. The Morgan fingerprint density at radius 3 is 2.71 bits per heavy atom. The molecule has 4 rings (SSSR count). The van der Waals surface area contributed by atoms with E-state index in [1.807, 2.05) is 43.3 Å². The summed E-state index contributed by atoms with van der Waals surface area (Å²) in [5.41, 5.74) is 2.98. The van der Waals surface area contributed by atoms with Crippen molar-refractivity contribution in [3.63, 3.8) is 0 Å². The smallest absolute Gasteiger partial charge is 0.231 e. The van der Waals surface area contributed by atoms with Crippen LogP contribution < -0.4 is 14.2 Å². The summed E-state index contributed by atoms with van der Waals surface area (Å²) in [6.45, 7) is 2.27. The van der Waals surface area contributed by atoms with Crippen LogP contribution in [-0.4, -0.2) is 11.9 Å². The molecule has 0 aromatic heterocycles. The molecule has 21 heavy (non-hydrogen) atoms. The van der Waals surface area contributed by atoms with E-state index in [1.165, 1.54) is 0 Å². The van der Waals surface area contributed by atoms with Crippen molar-refractivity contribution < 1.29 is 19.3 Å². The number of aryl methyl sites for hydroxylation is 1. The largest absolute Gasteiger partial charge is 0.485 e. The maximum absolute atomic E-state index is 10.4. The zero-order chi connectivity index (χ0) is 14.4. The zero-order valence-electron chi connectivity index (χ0n) is 11.7. The van der Waals surface area contributed by atoms with Gasteiger partial charge in [-0.3, -0.25) is 0 Å². The molecule has 2 aromatic rings. The molecule has 4 nitrogen and oxygen atoms in total. The molecule has 0 spiro atoms. The van der Waals surface area contributed by atoms with Crippen LogP contribution in [0.3, 0.4) is 0 Å². The standard InChI is InChI=1S/C17H16O4/c1-10-2-4-14-12(6-10)13(18)8-16(21-14)11-3-5-15-17(7-11)20-9-19-15/h2-7,13,16,18H,8-9H2,1H3. The molecule has 0 saturated heterocycles. The fourth-order valence-corrected chi connectivity index (χ4v) is 2.88.